The maximum Gasteiger partial charge on any atom is 0.259 e. The molecule has 0 N–H and O–H groups in total. The molecular formula is C15H15NO3. The predicted octanol–water partition coefficient (Wildman–Crippen LogP) is 1.83. The molecule has 2 amide bonds. The highest BCUT2D eigenvalue weighted by Gasteiger charge is 2.41. The molecule has 2 aliphatic rings. The molecule has 0 radical (unpaired) electrons. The smallest absolute Gasteiger partial charge is 0.259 e. The Morgan fingerprint density at radius 2 is 1.95 bits per heavy atom. The maximum absolute atomic E-state index is 12.4. The topological polar surface area (TPSA) is 46.6 Å². The van der Waals surface area contributed by atoms with Crippen LogP contribution in [0.15, 0.2) is 41.7 Å². The lowest BCUT2D eigenvalue weighted by atomic mass is 9.87. The van der Waals surface area contributed by atoms with E-state index < -0.39 is 5.92 Å². The van der Waals surface area contributed by atoms with Crippen LogP contribution in [0.25, 0.3) is 0 Å². The van der Waals surface area contributed by atoms with E-state index in [0.29, 0.717) is 24.4 Å². The third-order valence-electron chi connectivity index (χ3n) is 3.66. The predicted molar refractivity (Wildman–Crippen MR) is 69.2 cm³/mol. The fraction of sp³-hybridized carbons (Fsp3) is 0.333. The van der Waals surface area contributed by atoms with Gasteiger partial charge in [-0.05, 0) is 18.4 Å². The highest BCUT2D eigenvalue weighted by atomic mass is 16.5. The highest BCUT2D eigenvalue weighted by molar-refractivity contribution is 6.10. The Hall–Kier alpha value is -2.10. The quantitative estimate of drug-likeness (QED) is 0.721. The summed E-state index contributed by atoms with van der Waals surface area (Å²) in [6, 6.07) is 9.48. The number of amides is 2. The zero-order chi connectivity index (χ0) is 13.4. The summed E-state index contributed by atoms with van der Waals surface area (Å²) in [5.41, 5.74) is 1.53. The summed E-state index contributed by atoms with van der Waals surface area (Å²) in [6.45, 7) is 0.576. The van der Waals surface area contributed by atoms with E-state index in [2.05, 4.69) is 0 Å². The lowest BCUT2D eigenvalue weighted by Gasteiger charge is -2.34. The van der Waals surface area contributed by atoms with Gasteiger partial charge in [-0.15, -0.1) is 0 Å². The molecule has 0 spiro atoms. The normalized spacial score (nSPS) is 23.2. The molecule has 98 valence electrons. The summed E-state index contributed by atoms with van der Waals surface area (Å²) in [5, 5.41) is 0. The number of imide groups is 1. The molecule has 0 aromatic heterocycles. The number of likely N-dealkylation sites (N-methyl/N-ethyl adjacent to an activating group) is 1. The van der Waals surface area contributed by atoms with Gasteiger partial charge in [-0.3, -0.25) is 14.5 Å². The number of benzene rings is 1. The Labute approximate surface area is 111 Å². The van der Waals surface area contributed by atoms with E-state index in [-0.39, 0.29) is 11.8 Å². The van der Waals surface area contributed by atoms with E-state index in [1.54, 1.807) is 7.05 Å². The van der Waals surface area contributed by atoms with Crippen LogP contribution >= 0.6 is 0 Å². The van der Waals surface area contributed by atoms with Crippen molar-refractivity contribution in [2.75, 3.05) is 13.7 Å². The number of ether oxygens (including phenoxy) is 1. The third-order valence-corrected chi connectivity index (χ3v) is 3.66. The molecule has 1 unspecified atom stereocenters. The molecular weight excluding hydrogens is 242 g/mol. The highest BCUT2D eigenvalue weighted by Crippen LogP contribution is 2.37. The lowest BCUT2D eigenvalue weighted by molar-refractivity contribution is -0.144. The molecule has 0 saturated heterocycles. The van der Waals surface area contributed by atoms with Crippen LogP contribution in [-0.2, 0) is 14.3 Å². The number of carbonyl (C=O) groups is 2. The number of hydrogen-bond donors (Lipinski definition) is 0. The second kappa shape index (κ2) is 4.53. The first-order valence-electron chi connectivity index (χ1n) is 6.43. The molecule has 4 heteroatoms. The van der Waals surface area contributed by atoms with Gasteiger partial charge in [0.05, 0.1) is 12.2 Å². The Kier molecular flexibility index (Phi) is 2.85. The first kappa shape index (κ1) is 12.0. The molecule has 0 aliphatic carbocycles. The van der Waals surface area contributed by atoms with E-state index >= 15 is 0 Å². The van der Waals surface area contributed by atoms with E-state index in [4.69, 9.17) is 4.74 Å². The van der Waals surface area contributed by atoms with Crippen molar-refractivity contribution in [1.29, 1.82) is 0 Å². The third kappa shape index (κ3) is 1.84. The second-order valence-corrected chi connectivity index (χ2v) is 4.84. The summed E-state index contributed by atoms with van der Waals surface area (Å²) in [4.78, 5) is 25.7. The van der Waals surface area contributed by atoms with E-state index in [0.717, 1.165) is 12.0 Å². The molecule has 3 rings (SSSR count). The summed E-state index contributed by atoms with van der Waals surface area (Å²) in [7, 11) is 1.54. The minimum atomic E-state index is -0.473. The van der Waals surface area contributed by atoms with Gasteiger partial charge in [-0.2, -0.15) is 0 Å². The Balaban J connectivity index is 2.13. The van der Waals surface area contributed by atoms with Crippen molar-refractivity contribution in [3.63, 3.8) is 0 Å². The van der Waals surface area contributed by atoms with Crippen LogP contribution < -0.4 is 0 Å². The number of rotatable bonds is 1. The molecule has 0 saturated carbocycles. The maximum atomic E-state index is 12.4. The standard InChI is InChI=1S/C15H15NO3/c1-16-14(17)11-8-5-9-19-13(11)12(15(16)18)10-6-3-2-4-7-10/h2-4,6-7,12H,5,8-9H2,1H3. The summed E-state index contributed by atoms with van der Waals surface area (Å²) in [5.74, 6) is -0.339. The SMILES string of the molecule is CN1C(=O)C2=C(OCCC2)C(c2ccccc2)C1=O. The van der Waals surface area contributed by atoms with Crippen LogP contribution in [0.1, 0.15) is 24.3 Å². The zero-order valence-electron chi connectivity index (χ0n) is 10.8. The first-order valence-corrected chi connectivity index (χ1v) is 6.43. The van der Waals surface area contributed by atoms with Gasteiger partial charge in [0.2, 0.25) is 5.91 Å². The molecule has 2 heterocycles. The Morgan fingerprint density at radius 1 is 1.21 bits per heavy atom. The minimum Gasteiger partial charge on any atom is -0.496 e. The molecule has 0 bridgehead atoms. The molecule has 1 aromatic carbocycles. The van der Waals surface area contributed by atoms with Crippen molar-refractivity contribution in [2.24, 2.45) is 0 Å². The molecule has 19 heavy (non-hydrogen) atoms. The Bertz CT molecular complexity index is 562. The zero-order valence-corrected chi connectivity index (χ0v) is 10.8. The van der Waals surface area contributed by atoms with Gasteiger partial charge in [0.1, 0.15) is 11.7 Å². The average Bonchev–Trinajstić information content (AvgIpc) is 2.46. The Morgan fingerprint density at radius 3 is 2.68 bits per heavy atom. The van der Waals surface area contributed by atoms with Crippen molar-refractivity contribution < 1.29 is 14.3 Å². The van der Waals surface area contributed by atoms with Gasteiger partial charge in [-0.1, -0.05) is 30.3 Å². The van der Waals surface area contributed by atoms with Crippen LogP contribution in [0.4, 0.5) is 0 Å². The van der Waals surface area contributed by atoms with Crippen molar-refractivity contribution in [1.82, 2.24) is 4.90 Å². The van der Waals surface area contributed by atoms with Crippen LogP contribution in [-0.4, -0.2) is 30.4 Å². The van der Waals surface area contributed by atoms with Gasteiger partial charge in [0.15, 0.2) is 0 Å². The van der Waals surface area contributed by atoms with Crippen molar-refractivity contribution in [3.8, 4) is 0 Å². The monoisotopic (exact) mass is 257 g/mol. The first-order chi connectivity index (χ1) is 9.20. The van der Waals surface area contributed by atoms with Crippen LogP contribution in [0.5, 0.6) is 0 Å². The van der Waals surface area contributed by atoms with Crippen LogP contribution in [0.2, 0.25) is 0 Å². The van der Waals surface area contributed by atoms with Gasteiger partial charge >= 0.3 is 0 Å². The van der Waals surface area contributed by atoms with E-state index in [9.17, 15) is 9.59 Å². The largest absolute Gasteiger partial charge is 0.496 e. The van der Waals surface area contributed by atoms with E-state index in [1.807, 2.05) is 30.3 Å². The number of nitrogens with zero attached hydrogens (tertiary/aromatic N) is 1. The number of carbonyl (C=O) groups excluding carboxylic acids is 2. The second-order valence-electron chi connectivity index (χ2n) is 4.84. The van der Waals surface area contributed by atoms with Crippen molar-refractivity contribution in [2.45, 2.75) is 18.8 Å². The molecule has 1 aromatic rings. The summed E-state index contributed by atoms with van der Waals surface area (Å²) >= 11 is 0. The van der Waals surface area contributed by atoms with Crippen molar-refractivity contribution >= 4 is 11.8 Å². The molecule has 0 fully saturated rings. The minimum absolute atomic E-state index is 0.211. The molecule has 4 nitrogen and oxygen atoms in total. The van der Waals surface area contributed by atoms with Crippen LogP contribution in [0, 0.1) is 0 Å². The summed E-state index contributed by atoms with van der Waals surface area (Å²) < 4.78 is 5.65. The van der Waals surface area contributed by atoms with Gasteiger partial charge in [-0.25, -0.2) is 0 Å². The van der Waals surface area contributed by atoms with Gasteiger partial charge < -0.3 is 4.74 Å². The fourth-order valence-electron chi connectivity index (χ4n) is 2.66. The average molecular weight is 257 g/mol. The van der Waals surface area contributed by atoms with Gasteiger partial charge in [0, 0.05) is 7.05 Å². The fourth-order valence-corrected chi connectivity index (χ4v) is 2.66. The summed E-state index contributed by atoms with van der Waals surface area (Å²) in [6.07, 6.45) is 1.52. The van der Waals surface area contributed by atoms with Gasteiger partial charge in [0.25, 0.3) is 5.91 Å². The van der Waals surface area contributed by atoms with Crippen LogP contribution in [0.3, 0.4) is 0 Å². The van der Waals surface area contributed by atoms with E-state index in [1.165, 1.54) is 4.90 Å². The number of hydrogen-bond acceptors (Lipinski definition) is 3. The van der Waals surface area contributed by atoms with Crippen molar-refractivity contribution in [3.05, 3.63) is 47.2 Å². The lowest BCUT2D eigenvalue weighted by Crippen LogP contribution is -2.44. The molecule has 1 atom stereocenters. The molecule has 2 aliphatic heterocycles.